The van der Waals surface area contributed by atoms with Crippen LogP contribution in [0.4, 0.5) is 5.82 Å². The van der Waals surface area contributed by atoms with Crippen molar-refractivity contribution in [1.82, 2.24) is 15.0 Å². The second kappa shape index (κ2) is 4.18. The molecule has 0 aliphatic rings. The molecule has 15 heavy (non-hydrogen) atoms. The van der Waals surface area contributed by atoms with Crippen LogP contribution in [-0.4, -0.2) is 28.2 Å². The van der Waals surface area contributed by atoms with Gasteiger partial charge < -0.3 is 10.5 Å². The van der Waals surface area contributed by atoms with Gasteiger partial charge in [-0.3, -0.25) is 0 Å². The molecule has 0 aliphatic carbocycles. The summed E-state index contributed by atoms with van der Waals surface area (Å²) in [7, 11) is 1.68. The van der Waals surface area contributed by atoms with Crippen LogP contribution in [0.25, 0.3) is 0 Å². The van der Waals surface area contributed by atoms with Crippen molar-refractivity contribution in [2.45, 2.75) is 45.8 Å². The van der Waals surface area contributed by atoms with E-state index in [9.17, 15) is 0 Å². The van der Waals surface area contributed by atoms with Crippen LogP contribution >= 0.6 is 0 Å². The van der Waals surface area contributed by atoms with Gasteiger partial charge in [0.25, 0.3) is 0 Å². The van der Waals surface area contributed by atoms with E-state index in [0.29, 0.717) is 12.4 Å². The Morgan fingerprint density at radius 3 is 2.53 bits per heavy atom. The van der Waals surface area contributed by atoms with Gasteiger partial charge >= 0.3 is 0 Å². The molecule has 0 saturated carbocycles. The summed E-state index contributed by atoms with van der Waals surface area (Å²) in [6.45, 7) is 8.94. The lowest BCUT2D eigenvalue weighted by Gasteiger charge is -2.21. The van der Waals surface area contributed by atoms with Crippen LogP contribution in [-0.2, 0) is 16.7 Å². The minimum Gasteiger partial charge on any atom is -0.381 e. The fraction of sp³-hybridized carbons (Fsp3) is 0.800. The number of aromatic nitrogens is 3. The van der Waals surface area contributed by atoms with E-state index < -0.39 is 0 Å². The molecular weight excluding hydrogens is 192 g/mol. The van der Waals surface area contributed by atoms with Crippen LogP contribution in [0.1, 0.15) is 33.4 Å². The molecule has 0 aromatic carbocycles. The van der Waals surface area contributed by atoms with Crippen LogP contribution in [0.5, 0.6) is 0 Å². The topological polar surface area (TPSA) is 66.0 Å². The van der Waals surface area contributed by atoms with Gasteiger partial charge in [-0.2, -0.15) is 0 Å². The predicted octanol–water partition coefficient (Wildman–Crippen LogP) is 1.19. The zero-order chi connectivity index (χ0) is 11.6. The fourth-order valence-electron chi connectivity index (χ4n) is 1.54. The second-order valence-electron chi connectivity index (χ2n) is 4.80. The first kappa shape index (κ1) is 12.0. The smallest absolute Gasteiger partial charge is 0.169 e. The lowest BCUT2D eigenvalue weighted by Crippen LogP contribution is -2.24. The minimum atomic E-state index is -0.0545. The third kappa shape index (κ3) is 2.68. The molecule has 86 valence electrons. The number of hydrogen-bond donors (Lipinski definition) is 1. The van der Waals surface area contributed by atoms with Gasteiger partial charge in [0, 0.05) is 12.5 Å². The molecule has 2 N–H and O–H groups in total. The summed E-state index contributed by atoms with van der Waals surface area (Å²) in [5.41, 5.74) is 6.72. The number of rotatable bonds is 3. The number of hydrogen-bond acceptors (Lipinski definition) is 4. The largest absolute Gasteiger partial charge is 0.381 e. The molecule has 1 heterocycles. The molecule has 1 atom stereocenters. The first-order valence-corrected chi connectivity index (χ1v) is 5.08. The van der Waals surface area contributed by atoms with Gasteiger partial charge in [-0.1, -0.05) is 26.0 Å². The van der Waals surface area contributed by atoms with Crippen molar-refractivity contribution in [2.75, 3.05) is 12.8 Å². The van der Waals surface area contributed by atoms with Crippen molar-refractivity contribution >= 4 is 5.82 Å². The Morgan fingerprint density at radius 2 is 2.07 bits per heavy atom. The Balaban J connectivity index is 2.99. The summed E-state index contributed by atoms with van der Waals surface area (Å²) in [6, 6.07) is 0. The zero-order valence-electron chi connectivity index (χ0n) is 10.1. The van der Waals surface area contributed by atoms with Gasteiger partial charge in [-0.15, -0.1) is 5.10 Å². The van der Waals surface area contributed by atoms with E-state index in [1.54, 1.807) is 7.11 Å². The molecule has 0 fully saturated rings. The maximum atomic E-state index is 5.81. The van der Waals surface area contributed by atoms with E-state index in [0.717, 1.165) is 5.69 Å². The van der Waals surface area contributed by atoms with Crippen LogP contribution in [0.15, 0.2) is 0 Å². The van der Waals surface area contributed by atoms with E-state index in [4.69, 9.17) is 10.5 Å². The van der Waals surface area contributed by atoms with Gasteiger partial charge in [0.15, 0.2) is 5.82 Å². The maximum Gasteiger partial charge on any atom is 0.169 e. The Morgan fingerprint density at radius 1 is 1.47 bits per heavy atom. The molecule has 0 radical (unpaired) electrons. The third-order valence-corrected chi connectivity index (χ3v) is 2.30. The van der Waals surface area contributed by atoms with Crippen LogP contribution in [0.2, 0.25) is 0 Å². The van der Waals surface area contributed by atoms with E-state index >= 15 is 0 Å². The van der Waals surface area contributed by atoms with Gasteiger partial charge in [0.2, 0.25) is 0 Å². The summed E-state index contributed by atoms with van der Waals surface area (Å²) < 4.78 is 7.02. The maximum absolute atomic E-state index is 5.81. The highest BCUT2D eigenvalue weighted by Gasteiger charge is 2.24. The summed E-state index contributed by atoms with van der Waals surface area (Å²) in [5.74, 6) is 0.505. The Labute approximate surface area is 90.6 Å². The molecule has 1 rings (SSSR count). The van der Waals surface area contributed by atoms with Crippen LogP contribution in [0.3, 0.4) is 0 Å². The third-order valence-electron chi connectivity index (χ3n) is 2.30. The van der Waals surface area contributed by atoms with Crippen molar-refractivity contribution < 1.29 is 4.74 Å². The number of nitrogen functional groups attached to an aromatic ring is 1. The number of nitrogens with two attached hydrogens (primary N) is 1. The van der Waals surface area contributed by atoms with Crippen LogP contribution in [0, 0.1) is 0 Å². The molecule has 0 bridgehead atoms. The Kier molecular flexibility index (Phi) is 3.34. The fourth-order valence-corrected chi connectivity index (χ4v) is 1.54. The summed E-state index contributed by atoms with van der Waals surface area (Å²) in [5, 5.41) is 7.94. The molecule has 0 saturated heterocycles. The van der Waals surface area contributed by atoms with Crippen molar-refractivity contribution in [1.29, 1.82) is 0 Å². The molecule has 0 aliphatic heterocycles. The average molecular weight is 212 g/mol. The van der Waals surface area contributed by atoms with Gasteiger partial charge in [0.05, 0.1) is 18.3 Å². The number of anilines is 1. The summed E-state index contributed by atoms with van der Waals surface area (Å²) in [4.78, 5) is 0. The van der Waals surface area contributed by atoms with Crippen LogP contribution < -0.4 is 5.73 Å². The first-order chi connectivity index (χ1) is 6.86. The molecule has 0 spiro atoms. The van der Waals surface area contributed by atoms with Crippen molar-refractivity contribution in [3.05, 3.63) is 5.69 Å². The molecule has 5 heteroatoms. The summed E-state index contributed by atoms with van der Waals surface area (Å²) >= 11 is 0. The zero-order valence-corrected chi connectivity index (χ0v) is 10.1. The lowest BCUT2D eigenvalue weighted by atomic mass is 9.92. The molecule has 1 aromatic rings. The molecule has 5 nitrogen and oxygen atoms in total. The quantitative estimate of drug-likeness (QED) is 0.817. The predicted molar refractivity (Wildman–Crippen MR) is 59.6 cm³/mol. The molecule has 0 amide bonds. The van der Waals surface area contributed by atoms with E-state index in [1.807, 2.05) is 11.6 Å². The molecule has 1 aromatic heterocycles. The Hall–Kier alpha value is -1.10. The highest BCUT2D eigenvalue weighted by Crippen LogP contribution is 2.26. The lowest BCUT2D eigenvalue weighted by molar-refractivity contribution is 0.0976. The standard InChI is InChI=1S/C10H20N4O/c1-7(15-5)6-14-8(10(2,3)4)9(11)12-13-14/h7H,6,11H2,1-5H3. The van der Waals surface area contributed by atoms with Crippen molar-refractivity contribution in [2.24, 2.45) is 0 Å². The Bertz CT molecular complexity index is 327. The molecule has 1 unspecified atom stereocenters. The van der Waals surface area contributed by atoms with E-state index in [-0.39, 0.29) is 11.5 Å². The van der Waals surface area contributed by atoms with Gasteiger partial charge in [-0.05, 0) is 6.92 Å². The van der Waals surface area contributed by atoms with E-state index in [2.05, 4.69) is 31.1 Å². The second-order valence-corrected chi connectivity index (χ2v) is 4.80. The first-order valence-electron chi connectivity index (χ1n) is 5.08. The number of ether oxygens (including phenoxy) is 1. The highest BCUT2D eigenvalue weighted by molar-refractivity contribution is 5.37. The highest BCUT2D eigenvalue weighted by atomic mass is 16.5. The summed E-state index contributed by atoms with van der Waals surface area (Å²) in [6.07, 6.45) is 0.104. The minimum absolute atomic E-state index is 0.0545. The monoisotopic (exact) mass is 212 g/mol. The SMILES string of the molecule is COC(C)Cn1nnc(N)c1C(C)(C)C. The van der Waals surface area contributed by atoms with Crippen molar-refractivity contribution in [3.63, 3.8) is 0 Å². The van der Waals surface area contributed by atoms with E-state index in [1.165, 1.54) is 0 Å². The number of methoxy groups -OCH3 is 1. The van der Waals surface area contributed by atoms with Gasteiger partial charge in [0.1, 0.15) is 0 Å². The molecular formula is C10H20N4O. The number of nitrogens with zero attached hydrogens (tertiary/aromatic N) is 3. The normalized spacial score (nSPS) is 14.2. The van der Waals surface area contributed by atoms with Crippen molar-refractivity contribution in [3.8, 4) is 0 Å². The van der Waals surface area contributed by atoms with Gasteiger partial charge in [-0.25, -0.2) is 4.68 Å². The average Bonchev–Trinajstić information content (AvgIpc) is 2.46.